The van der Waals surface area contributed by atoms with E-state index in [1.165, 1.54) is 30.3 Å². The maximum absolute atomic E-state index is 12.7. The van der Waals surface area contributed by atoms with Gasteiger partial charge in [0.05, 0.1) is 0 Å². The monoisotopic (exact) mass is 298 g/mol. The molecule has 0 bridgehead atoms. The van der Waals surface area contributed by atoms with E-state index in [1.54, 1.807) is 6.08 Å². The van der Waals surface area contributed by atoms with Crippen molar-refractivity contribution in [3.05, 3.63) is 77.1 Å². The van der Waals surface area contributed by atoms with Crippen molar-refractivity contribution in [2.75, 3.05) is 0 Å². The smallest absolute Gasteiger partial charge is 0.268 e. The van der Waals surface area contributed by atoms with E-state index in [-0.39, 0.29) is 5.56 Å². The Morgan fingerprint density at radius 3 is 2.45 bits per heavy atom. The molecule has 0 atom stereocenters. The molecule has 0 saturated heterocycles. The average Bonchev–Trinajstić information content (AvgIpc) is 2.51. The summed E-state index contributed by atoms with van der Waals surface area (Å²) in [6.45, 7) is 1.96. The molecule has 2 amide bonds. The summed E-state index contributed by atoms with van der Waals surface area (Å²) in [6.07, 6.45) is 2.96. The highest BCUT2D eigenvalue weighted by molar-refractivity contribution is 5.97. The van der Waals surface area contributed by atoms with Crippen molar-refractivity contribution in [1.29, 1.82) is 0 Å². The van der Waals surface area contributed by atoms with Crippen LogP contribution in [0.5, 0.6) is 0 Å². The quantitative estimate of drug-likeness (QED) is 0.676. The fourth-order valence-electron chi connectivity index (χ4n) is 1.78. The van der Waals surface area contributed by atoms with Gasteiger partial charge in [-0.1, -0.05) is 29.8 Å². The number of hydrogen-bond acceptors (Lipinski definition) is 2. The fourth-order valence-corrected chi connectivity index (χ4v) is 1.78. The molecule has 0 aliphatic rings. The summed E-state index contributed by atoms with van der Waals surface area (Å²) in [4.78, 5) is 23.3. The molecule has 22 heavy (non-hydrogen) atoms. The van der Waals surface area contributed by atoms with Gasteiger partial charge in [0.2, 0.25) is 0 Å². The molecule has 2 N–H and O–H groups in total. The summed E-state index contributed by atoms with van der Waals surface area (Å²) in [5.41, 5.74) is 6.75. The van der Waals surface area contributed by atoms with Crippen LogP contribution in [-0.4, -0.2) is 11.8 Å². The lowest BCUT2D eigenvalue weighted by molar-refractivity contribution is -0.117. The molecule has 2 aromatic carbocycles. The SMILES string of the molecule is Cc1cccc(/C=C/C(=O)NNC(=O)c2ccc(F)cc2)c1. The maximum atomic E-state index is 12.7. The summed E-state index contributed by atoms with van der Waals surface area (Å²) < 4.78 is 12.7. The molecule has 0 saturated carbocycles. The summed E-state index contributed by atoms with van der Waals surface area (Å²) in [5.74, 6) is -1.41. The van der Waals surface area contributed by atoms with Gasteiger partial charge in [0.25, 0.3) is 11.8 Å². The molecule has 4 nitrogen and oxygen atoms in total. The summed E-state index contributed by atoms with van der Waals surface area (Å²) in [6, 6.07) is 12.7. The Morgan fingerprint density at radius 1 is 1.05 bits per heavy atom. The van der Waals surface area contributed by atoms with Crippen LogP contribution in [0, 0.1) is 12.7 Å². The lowest BCUT2D eigenvalue weighted by atomic mass is 10.1. The van der Waals surface area contributed by atoms with Crippen molar-refractivity contribution in [3.63, 3.8) is 0 Å². The van der Waals surface area contributed by atoms with E-state index in [1.807, 2.05) is 31.2 Å². The second-order valence-corrected chi connectivity index (χ2v) is 4.70. The Balaban J connectivity index is 1.87. The molecule has 112 valence electrons. The number of halogens is 1. The van der Waals surface area contributed by atoms with E-state index in [4.69, 9.17) is 0 Å². The molecule has 2 rings (SSSR count). The Kier molecular flexibility index (Phi) is 5.03. The van der Waals surface area contributed by atoms with E-state index in [9.17, 15) is 14.0 Å². The first-order chi connectivity index (χ1) is 10.5. The number of hydrazine groups is 1. The predicted octanol–water partition coefficient (Wildman–Crippen LogP) is 2.61. The highest BCUT2D eigenvalue weighted by Crippen LogP contribution is 2.05. The third kappa shape index (κ3) is 4.56. The minimum atomic E-state index is -0.516. The summed E-state index contributed by atoms with van der Waals surface area (Å²) in [7, 11) is 0. The van der Waals surface area contributed by atoms with Gasteiger partial charge in [-0.15, -0.1) is 0 Å². The molecule has 5 heteroatoms. The Bertz CT molecular complexity index is 709. The van der Waals surface area contributed by atoms with Crippen LogP contribution in [0.1, 0.15) is 21.5 Å². The number of rotatable bonds is 3. The lowest BCUT2D eigenvalue weighted by Crippen LogP contribution is -2.40. The van der Waals surface area contributed by atoms with Crippen molar-refractivity contribution in [3.8, 4) is 0 Å². The van der Waals surface area contributed by atoms with Crippen LogP contribution in [0.25, 0.3) is 6.08 Å². The van der Waals surface area contributed by atoms with Gasteiger partial charge in [-0.3, -0.25) is 20.4 Å². The van der Waals surface area contributed by atoms with Gasteiger partial charge in [-0.2, -0.15) is 0 Å². The first kappa shape index (κ1) is 15.4. The zero-order valence-electron chi connectivity index (χ0n) is 12.0. The molecule has 0 aliphatic carbocycles. The lowest BCUT2D eigenvalue weighted by Gasteiger charge is -2.05. The number of nitrogens with one attached hydrogen (secondary N) is 2. The molecule has 0 heterocycles. The predicted molar refractivity (Wildman–Crippen MR) is 82.2 cm³/mol. The first-order valence-electron chi connectivity index (χ1n) is 6.65. The zero-order chi connectivity index (χ0) is 15.9. The van der Waals surface area contributed by atoms with Crippen molar-refractivity contribution in [2.24, 2.45) is 0 Å². The number of carbonyl (C=O) groups is 2. The second-order valence-electron chi connectivity index (χ2n) is 4.70. The number of benzene rings is 2. The minimum Gasteiger partial charge on any atom is -0.268 e. The third-order valence-electron chi connectivity index (χ3n) is 2.87. The number of carbonyl (C=O) groups excluding carboxylic acids is 2. The van der Waals surface area contributed by atoms with Crippen LogP contribution in [0.2, 0.25) is 0 Å². The van der Waals surface area contributed by atoms with Crippen LogP contribution in [0.3, 0.4) is 0 Å². The normalized spacial score (nSPS) is 10.5. The molecule has 0 unspecified atom stereocenters. The van der Waals surface area contributed by atoms with Gasteiger partial charge >= 0.3 is 0 Å². The Hall–Kier alpha value is -2.95. The molecule has 0 aliphatic heterocycles. The molecule has 0 aromatic heterocycles. The van der Waals surface area contributed by atoms with Crippen molar-refractivity contribution >= 4 is 17.9 Å². The molecule has 0 radical (unpaired) electrons. The van der Waals surface area contributed by atoms with Crippen molar-refractivity contribution in [1.82, 2.24) is 10.9 Å². The molecule has 0 fully saturated rings. The largest absolute Gasteiger partial charge is 0.269 e. The van der Waals surface area contributed by atoms with E-state index < -0.39 is 17.6 Å². The average molecular weight is 298 g/mol. The van der Waals surface area contributed by atoms with Crippen LogP contribution >= 0.6 is 0 Å². The van der Waals surface area contributed by atoms with E-state index >= 15 is 0 Å². The highest BCUT2D eigenvalue weighted by Gasteiger charge is 2.05. The minimum absolute atomic E-state index is 0.254. The van der Waals surface area contributed by atoms with Crippen LogP contribution in [-0.2, 0) is 4.79 Å². The highest BCUT2D eigenvalue weighted by atomic mass is 19.1. The molecule has 2 aromatic rings. The maximum Gasteiger partial charge on any atom is 0.269 e. The third-order valence-corrected chi connectivity index (χ3v) is 2.87. The van der Waals surface area contributed by atoms with Gasteiger partial charge in [0.15, 0.2) is 0 Å². The number of hydrogen-bond donors (Lipinski definition) is 2. The van der Waals surface area contributed by atoms with Crippen LogP contribution < -0.4 is 10.9 Å². The Morgan fingerprint density at radius 2 is 1.77 bits per heavy atom. The van der Waals surface area contributed by atoms with Gasteiger partial charge in [0, 0.05) is 11.6 Å². The summed E-state index contributed by atoms with van der Waals surface area (Å²) >= 11 is 0. The van der Waals surface area contributed by atoms with E-state index in [2.05, 4.69) is 10.9 Å². The zero-order valence-corrected chi connectivity index (χ0v) is 12.0. The fraction of sp³-hybridized carbons (Fsp3) is 0.0588. The second kappa shape index (κ2) is 7.17. The first-order valence-corrected chi connectivity index (χ1v) is 6.65. The molecular weight excluding hydrogens is 283 g/mol. The van der Waals surface area contributed by atoms with E-state index in [0.717, 1.165) is 11.1 Å². The molecular formula is C17H15FN2O2. The van der Waals surface area contributed by atoms with Crippen LogP contribution in [0.4, 0.5) is 4.39 Å². The van der Waals surface area contributed by atoms with Gasteiger partial charge in [-0.05, 0) is 42.8 Å². The topological polar surface area (TPSA) is 58.2 Å². The van der Waals surface area contributed by atoms with Crippen molar-refractivity contribution < 1.29 is 14.0 Å². The molecule has 0 spiro atoms. The number of amides is 2. The Labute approximate surface area is 127 Å². The number of aryl methyl sites for hydroxylation is 1. The van der Waals surface area contributed by atoms with Crippen molar-refractivity contribution in [2.45, 2.75) is 6.92 Å². The van der Waals surface area contributed by atoms with Gasteiger partial charge in [0.1, 0.15) is 5.82 Å². The summed E-state index contributed by atoms with van der Waals surface area (Å²) in [5, 5.41) is 0. The van der Waals surface area contributed by atoms with Crippen LogP contribution in [0.15, 0.2) is 54.6 Å². The standard InChI is InChI=1S/C17H15FN2O2/c1-12-3-2-4-13(11-12)5-10-16(21)19-20-17(22)14-6-8-15(18)9-7-14/h2-11H,1H3,(H,19,21)(H,20,22)/b10-5+. The van der Waals surface area contributed by atoms with Gasteiger partial charge < -0.3 is 0 Å². The van der Waals surface area contributed by atoms with Gasteiger partial charge in [-0.25, -0.2) is 4.39 Å². The van der Waals surface area contributed by atoms with E-state index in [0.29, 0.717) is 0 Å².